The van der Waals surface area contributed by atoms with Gasteiger partial charge in [-0.2, -0.15) is 5.10 Å². The summed E-state index contributed by atoms with van der Waals surface area (Å²) < 4.78 is 24.2. The molecule has 1 heterocycles. The molecule has 0 aliphatic carbocycles. The summed E-state index contributed by atoms with van der Waals surface area (Å²) in [7, 11) is -3.30. The molecule has 2 aromatic carbocycles. The molecule has 0 fully saturated rings. The van der Waals surface area contributed by atoms with Gasteiger partial charge in [0.2, 0.25) is 0 Å². The third-order valence-electron chi connectivity index (χ3n) is 3.81. The molecule has 0 aliphatic heterocycles. The van der Waals surface area contributed by atoms with Crippen molar-refractivity contribution in [1.29, 1.82) is 0 Å². The van der Waals surface area contributed by atoms with E-state index in [1.807, 2.05) is 30.3 Å². The average Bonchev–Trinajstić information content (AvgIpc) is 2.64. The smallest absolute Gasteiger partial charge is 0.276 e. The first kappa shape index (κ1) is 18.5. The monoisotopic (exact) mass is 383 g/mol. The molecule has 27 heavy (non-hydrogen) atoms. The van der Waals surface area contributed by atoms with Gasteiger partial charge in [0.25, 0.3) is 11.5 Å². The predicted molar refractivity (Wildman–Crippen MR) is 102 cm³/mol. The van der Waals surface area contributed by atoms with Crippen molar-refractivity contribution in [2.24, 2.45) is 0 Å². The van der Waals surface area contributed by atoms with Gasteiger partial charge in [0.1, 0.15) is 5.69 Å². The molecule has 0 bridgehead atoms. The summed E-state index contributed by atoms with van der Waals surface area (Å²) in [5, 5.41) is 6.75. The number of sulfone groups is 1. The zero-order chi connectivity index (χ0) is 19.4. The van der Waals surface area contributed by atoms with Crippen molar-refractivity contribution < 1.29 is 13.2 Å². The van der Waals surface area contributed by atoms with Crippen molar-refractivity contribution in [2.75, 3.05) is 11.6 Å². The van der Waals surface area contributed by atoms with Gasteiger partial charge in [0.05, 0.1) is 11.4 Å². The van der Waals surface area contributed by atoms with E-state index in [1.54, 1.807) is 0 Å². The molecule has 3 aromatic rings. The summed E-state index contributed by atoms with van der Waals surface area (Å²) in [6.07, 6.45) is 1.11. The van der Waals surface area contributed by atoms with Crippen molar-refractivity contribution in [1.82, 2.24) is 9.78 Å². The van der Waals surface area contributed by atoms with Crippen LogP contribution in [-0.2, 0) is 16.4 Å². The Hall–Kier alpha value is -3.26. The van der Waals surface area contributed by atoms with Crippen LogP contribution in [-0.4, -0.2) is 30.4 Å². The Morgan fingerprint density at radius 2 is 1.67 bits per heavy atom. The largest absolute Gasteiger partial charge is 0.321 e. The van der Waals surface area contributed by atoms with E-state index in [2.05, 4.69) is 10.4 Å². The van der Waals surface area contributed by atoms with Crippen LogP contribution in [0.15, 0.2) is 76.4 Å². The summed E-state index contributed by atoms with van der Waals surface area (Å²) >= 11 is 0. The first-order valence-corrected chi connectivity index (χ1v) is 9.96. The van der Waals surface area contributed by atoms with Gasteiger partial charge in [0, 0.05) is 18.0 Å². The Labute approximate surface area is 156 Å². The van der Waals surface area contributed by atoms with Gasteiger partial charge in [-0.15, -0.1) is 0 Å². The molecular formula is C19H17N3O4S. The Bertz CT molecular complexity index is 1120. The molecule has 8 heteroatoms. The number of rotatable bonds is 5. The minimum atomic E-state index is -3.30. The zero-order valence-electron chi connectivity index (χ0n) is 14.5. The lowest BCUT2D eigenvalue weighted by Gasteiger charge is -2.08. The summed E-state index contributed by atoms with van der Waals surface area (Å²) in [4.78, 5) is 24.6. The third-order valence-corrected chi connectivity index (χ3v) is 4.94. The van der Waals surface area contributed by atoms with Crippen LogP contribution < -0.4 is 10.9 Å². The summed E-state index contributed by atoms with van der Waals surface area (Å²) in [5.41, 5.74) is 1.08. The van der Waals surface area contributed by atoms with E-state index < -0.39 is 15.7 Å². The molecule has 138 valence electrons. The van der Waals surface area contributed by atoms with E-state index in [0.29, 0.717) is 5.69 Å². The number of nitrogens with one attached hydrogen (secondary N) is 1. The molecule has 0 unspecified atom stereocenters. The van der Waals surface area contributed by atoms with Gasteiger partial charge in [0.15, 0.2) is 9.84 Å². The standard InChI is InChI=1S/C19H17N3O4S/c1-27(25,26)16-9-7-15(8-10-16)20-19(24)17-11-12-18(23)22(21-17)13-14-5-3-2-4-6-14/h2-12H,13H2,1H3,(H,20,24). The van der Waals surface area contributed by atoms with Gasteiger partial charge >= 0.3 is 0 Å². The van der Waals surface area contributed by atoms with Crippen LogP contribution in [0.2, 0.25) is 0 Å². The number of hydrogen-bond acceptors (Lipinski definition) is 5. The molecule has 0 radical (unpaired) electrons. The van der Waals surface area contributed by atoms with Gasteiger partial charge < -0.3 is 5.32 Å². The molecule has 0 saturated heterocycles. The molecule has 1 amide bonds. The molecule has 0 saturated carbocycles. The number of aromatic nitrogens is 2. The van der Waals surface area contributed by atoms with Crippen LogP contribution >= 0.6 is 0 Å². The molecule has 0 atom stereocenters. The first-order valence-electron chi connectivity index (χ1n) is 8.06. The highest BCUT2D eigenvalue weighted by atomic mass is 32.2. The minimum absolute atomic E-state index is 0.0812. The fourth-order valence-corrected chi connectivity index (χ4v) is 3.05. The quantitative estimate of drug-likeness (QED) is 0.726. The molecule has 3 rings (SSSR count). The maximum Gasteiger partial charge on any atom is 0.276 e. The lowest BCUT2D eigenvalue weighted by Crippen LogP contribution is -2.26. The van der Waals surface area contributed by atoms with Crippen molar-refractivity contribution in [2.45, 2.75) is 11.4 Å². The van der Waals surface area contributed by atoms with E-state index >= 15 is 0 Å². The Kier molecular flexibility index (Phi) is 5.18. The van der Waals surface area contributed by atoms with Gasteiger partial charge in [-0.25, -0.2) is 13.1 Å². The SMILES string of the molecule is CS(=O)(=O)c1ccc(NC(=O)c2ccc(=O)n(Cc3ccccc3)n2)cc1. The second-order valence-electron chi connectivity index (χ2n) is 5.95. The fourth-order valence-electron chi connectivity index (χ4n) is 2.42. The molecular weight excluding hydrogens is 366 g/mol. The Morgan fingerprint density at radius 3 is 2.30 bits per heavy atom. The van der Waals surface area contributed by atoms with Gasteiger partial charge in [-0.1, -0.05) is 30.3 Å². The summed E-state index contributed by atoms with van der Waals surface area (Å²) in [6.45, 7) is 0.254. The second-order valence-corrected chi connectivity index (χ2v) is 7.97. The van der Waals surface area contributed by atoms with Gasteiger partial charge in [-0.3, -0.25) is 9.59 Å². The maximum atomic E-state index is 12.4. The normalized spacial score (nSPS) is 11.1. The van der Waals surface area contributed by atoms with Crippen molar-refractivity contribution in [3.05, 3.63) is 88.3 Å². The Balaban J connectivity index is 1.79. The lowest BCUT2D eigenvalue weighted by atomic mass is 10.2. The zero-order valence-corrected chi connectivity index (χ0v) is 15.3. The van der Waals surface area contributed by atoms with E-state index in [4.69, 9.17) is 0 Å². The van der Waals surface area contributed by atoms with Crippen molar-refractivity contribution in [3.8, 4) is 0 Å². The summed E-state index contributed by atoms with van der Waals surface area (Å²) in [5.74, 6) is -0.496. The first-order chi connectivity index (χ1) is 12.8. The number of benzene rings is 2. The minimum Gasteiger partial charge on any atom is -0.321 e. The number of amides is 1. The molecule has 0 spiro atoms. The molecule has 1 N–H and O–H groups in total. The lowest BCUT2D eigenvalue weighted by molar-refractivity contribution is 0.102. The van der Waals surface area contributed by atoms with E-state index in [1.165, 1.54) is 41.1 Å². The highest BCUT2D eigenvalue weighted by molar-refractivity contribution is 7.90. The predicted octanol–water partition coefficient (Wildman–Crippen LogP) is 1.95. The molecule has 1 aromatic heterocycles. The van der Waals surface area contributed by atoms with Gasteiger partial charge in [-0.05, 0) is 35.9 Å². The van der Waals surface area contributed by atoms with Crippen molar-refractivity contribution >= 4 is 21.4 Å². The van der Waals surface area contributed by atoms with Crippen LogP contribution in [0, 0.1) is 0 Å². The van der Waals surface area contributed by atoms with E-state index in [9.17, 15) is 18.0 Å². The highest BCUT2D eigenvalue weighted by Crippen LogP contribution is 2.14. The second kappa shape index (κ2) is 7.55. The van der Waals surface area contributed by atoms with Crippen LogP contribution in [0.5, 0.6) is 0 Å². The number of hydrogen-bond donors (Lipinski definition) is 1. The number of carbonyl (C=O) groups is 1. The number of nitrogens with zero attached hydrogens (tertiary/aromatic N) is 2. The topological polar surface area (TPSA) is 98.1 Å². The third kappa shape index (κ3) is 4.68. The maximum absolute atomic E-state index is 12.4. The average molecular weight is 383 g/mol. The summed E-state index contributed by atoms with van der Waals surface area (Å²) in [6, 6.07) is 17.8. The van der Waals surface area contributed by atoms with E-state index in [-0.39, 0.29) is 22.7 Å². The molecule has 7 nitrogen and oxygen atoms in total. The highest BCUT2D eigenvalue weighted by Gasteiger charge is 2.12. The molecule has 0 aliphatic rings. The van der Waals surface area contributed by atoms with Crippen LogP contribution in [0.25, 0.3) is 0 Å². The fraction of sp³-hybridized carbons (Fsp3) is 0.105. The Morgan fingerprint density at radius 1 is 1.00 bits per heavy atom. The van der Waals surface area contributed by atoms with Crippen molar-refractivity contribution in [3.63, 3.8) is 0 Å². The van der Waals surface area contributed by atoms with Crippen LogP contribution in [0.1, 0.15) is 16.1 Å². The van der Waals surface area contributed by atoms with Crippen LogP contribution in [0.3, 0.4) is 0 Å². The van der Waals surface area contributed by atoms with Crippen LogP contribution in [0.4, 0.5) is 5.69 Å². The number of anilines is 1. The number of carbonyl (C=O) groups excluding carboxylic acids is 1. The van der Waals surface area contributed by atoms with E-state index in [0.717, 1.165) is 11.8 Å².